The fourth-order valence-electron chi connectivity index (χ4n) is 2.94. The third-order valence-corrected chi connectivity index (χ3v) is 4.19. The lowest BCUT2D eigenvalue weighted by Gasteiger charge is -2.02. The average molecular weight is 342 g/mol. The van der Waals surface area contributed by atoms with E-state index in [9.17, 15) is 0 Å². The molecular formula is C18H14N8. The van der Waals surface area contributed by atoms with Crippen LogP contribution in [0.3, 0.4) is 0 Å². The molecule has 0 aliphatic rings. The molecule has 0 saturated heterocycles. The summed E-state index contributed by atoms with van der Waals surface area (Å²) in [6.45, 7) is 0.627. The number of hydrogen-bond acceptors (Lipinski definition) is 5. The number of para-hydroxylation sites is 1. The molecule has 0 fully saturated rings. The Kier molecular flexibility index (Phi) is 3.31. The van der Waals surface area contributed by atoms with E-state index in [0.29, 0.717) is 18.2 Å². The fraction of sp³-hybridized carbons (Fsp3) is 0.0556. The molecule has 26 heavy (non-hydrogen) atoms. The lowest BCUT2D eigenvalue weighted by Crippen LogP contribution is -2.00. The summed E-state index contributed by atoms with van der Waals surface area (Å²) in [5, 5.41) is 12.7. The highest BCUT2D eigenvalue weighted by Gasteiger charge is 2.10. The maximum absolute atomic E-state index is 4.62. The van der Waals surface area contributed by atoms with Gasteiger partial charge in [-0.3, -0.25) is 5.10 Å². The Balaban J connectivity index is 1.44. The summed E-state index contributed by atoms with van der Waals surface area (Å²) in [5.74, 6) is 2.09. The third kappa shape index (κ3) is 2.53. The molecule has 0 saturated carbocycles. The van der Waals surface area contributed by atoms with Crippen LogP contribution in [-0.4, -0.2) is 39.5 Å². The summed E-state index contributed by atoms with van der Waals surface area (Å²) in [6, 6.07) is 14.1. The number of nitrogens with one attached hydrogen (secondary N) is 1. The molecule has 0 spiro atoms. The Morgan fingerprint density at radius 3 is 2.96 bits per heavy atom. The van der Waals surface area contributed by atoms with Crippen molar-refractivity contribution in [1.82, 2.24) is 39.5 Å². The van der Waals surface area contributed by atoms with Gasteiger partial charge in [-0.2, -0.15) is 10.2 Å². The molecule has 8 nitrogen and oxygen atoms in total. The van der Waals surface area contributed by atoms with Gasteiger partial charge in [0.05, 0.1) is 6.54 Å². The third-order valence-electron chi connectivity index (χ3n) is 4.19. The molecule has 126 valence electrons. The van der Waals surface area contributed by atoms with Crippen LogP contribution >= 0.6 is 0 Å². The molecule has 4 aromatic heterocycles. The lowest BCUT2D eigenvalue weighted by molar-refractivity contribution is 0.776. The van der Waals surface area contributed by atoms with Crippen LogP contribution in [0.5, 0.6) is 0 Å². The highest BCUT2D eigenvalue weighted by atomic mass is 15.3. The van der Waals surface area contributed by atoms with Gasteiger partial charge in [0.2, 0.25) is 0 Å². The predicted molar refractivity (Wildman–Crippen MR) is 95.6 cm³/mol. The number of rotatable bonds is 4. The summed E-state index contributed by atoms with van der Waals surface area (Å²) >= 11 is 0. The summed E-state index contributed by atoms with van der Waals surface area (Å²) in [7, 11) is 0. The van der Waals surface area contributed by atoms with Gasteiger partial charge in [-0.1, -0.05) is 18.2 Å². The highest BCUT2D eigenvalue weighted by Crippen LogP contribution is 2.19. The number of aromatic amines is 1. The van der Waals surface area contributed by atoms with Gasteiger partial charge in [0.1, 0.15) is 18.5 Å². The van der Waals surface area contributed by atoms with E-state index in [-0.39, 0.29) is 0 Å². The van der Waals surface area contributed by atoms with E-state index in [1.165, 1.54) is 17.2 Å². The van der Waals surface area contributed by atoms with Crippen molar-refractivity contribution in [1.29, 1.82) is 0 Å². The highest BCUT2D eigenvalue weighted by molar-refractivity contribution is 5.79. The van der Waals surface area contributed by atoms with Crippen LogP contribution in [0.25, 0.3) is 28.1 Å². The molecule has 0 aliphatic heterocycles. The van der Waals surface area contributed by atoms with Crippen molar-refractivity contribution in [3.05, 3.63) is 73.3 Å². The van der Waals surface area contributed by atoms with Gasteiger partial charge >= 0.3 is 0 Å². The first-order valence-electron chi connectivity index (χ1n) is 8.13. The van der Waals surface area contributed by atoms with E-state index in [1.54, 1.807) is 17.2 Å². The monoisotopic (exact) mass is 342 g/mol. The summed E-state index contributed by atoms with van der Waals surface area (Å²) in [5.41, 5.74) is 2.04. The first-order valence-corrected chi connectivity index (χ1v) is 8.13. The van der Waals surface area contributed by atoms with Crippen molar-refractivity contribution in [2.24, 2.45) is 0 Å². The van der Waals surface area contributed by atoms with E-state index >= 15 is 0 Å². The number of fused-ring (bicyclic) bond motifs is 1. The van der Waals surface area contributed by atoms with Crippen LogP contribution in [0.15, 0.2) is 67.5 Å². The number of benzene rings is 1. The summed E-state index contributed by atoms with van der Waals surface area (Å²) in [6.07, 6.45) is 6.84. The molecule has 0 radical (unpaired) electrons. The van der Waals surface area contributed by atoms with Crippen molar-refractivity contribution in [3.8, 4) is 17.2 Å². The maximum atomic E-state index is 4.62. The lowest BCUT2D eigenvalue weighted by atomic mass is 10.2. The van der Waals surface area contributed by atoms with Gasteiger partial charge in [-0.15, -0.1) is 0 Å². The normalized spacial score (nSPS) is 11.2. The Morgan fingerprint density at radius 2 is 2.04 bits per heavy atom. The first kappa shape index (κ1) is 14.5. The van der Waals surface area contributed by atoms with Crippen LogP contribution in [0.4, 0.5) is 0 Å². The Bertz CT molecular complexity index is 1170. The zero-order chi connectivity index (χ0) is 17.3. The minimum absolute atomic E-state index is 0.625. The largest absolute Gasteiger partial charge is 0.340 e. The number of aromatic nitrogens is 8. The second-order valence-corrected chi connectivity index (χ2v) is 5.85. The van der Waals surface area contributed by atoms with E-state index in [1.807, 2.05) is 24.3 Å². The minimum Gasteiger partial charge on any atom is -0.340 e. The van der Waals surface area contributed by atoms with Crippen LogP contribution < -0.4 is 0 Å². The maximum Gasteiger partial charge on any atom is 0.181 e. The number of pyridine rings is 1. The van der Waals surface area contributed by atoms with Gasteiger partial charge in [0.25, 0.3) is 0 Å². The molecule has 5 rings (SSSR count). The van der Waals surface area contributed by atoms with Crippen molar-refractivity contribution in [2.75, 3.05) is 0 Å². The smallest absolute Gasteiger partial charge is 0.181 e. The molecule has 5 aromatic rings. The second kappa shape index (κ2) is 5.92. The van der Waals surface area contributed by atoms with Gasteiger partial charge in [-0.05, 0) is 29.7 Å². The average Bonchev–Trinajstić information content (AvgIpc) is 3.44. The fourth-order valence-corrected chi connectivity index (χ4v) is 2.94. The van der Waals surface area contributed by atoms with E-state index in [4.69, 9.17) is 0 Å². The van der Waals surface area contributed by atoms with Crippen LogP contribution in [-0.2, 0) is 6.54 Å². The molecule has 1 N–H and O–H groups in total. The number of H-pyrrole nitrogens is 1. The second-order valence-electron chi connectivity index (χ2n) is 5.85. The zero-order valence-corrected chi connectivity index (χ0v) is 13.7. The molecule has 4 heterocycles. The van der Waals surface area contributed by atoms with Crippen molar-refractivity contribution >= 4 is 10.9 Å². The molecule has 0 amide bonds. The quantitative estimate of drug-likeness (QED) is 0.542. The van der Waals surface area contributed by atoms with Crippen LogP contribution in [0.1, 0.15) is 5.82 Å². The standard InChI is InChI=1S/C18H14N8/c1-2-4-15-13(3-1)6-8-25(15)10-16-22-18(24-23-16)14-5-7-20-17(9-14)26-12-19-11-21-26/h1-9,11-12H,10H2,(H,22,23,24). The summed E-state index contributed by atoms with van der Waals surface area (Å²) in [4.78, 5) is 12.9. The van der Waals surface area contributed by atoms with Crippen molar-refractivity contribution < 1.29 is 0 Å². The molecule has 0 atom stereocenters. The molecule has 8 heteroatoms. The predicted octanol–water partition coefficient (Wildman–Crippen LogP) is 2.45. The van der Waals surface area contributed by atoms with Crippen LogP contribution in [0.2, 0.25) is 0 Å². The topological polar surface area (TPSA) is 90.1 Å². The number of nitrogens with zero attached hydrogens (tertiary/aromatic N) is 7. The van der Waals surface area contributed by atoms with Gasteiger partial charge < -0.3 is 4.57 Å². The Hall–Kier alpha value is -3.81. The van der Waals surface area contributed by atoms with Gasteiger partial charge in [0, 0.05) is 23.5 Å². The zero-order valence-electron chi connectivity index (χ0n) is 13.7. The van der Waals surface area contributed by atoms with Gasteiger partial charge in [-0.25, -0.2) is 19.6 Å². The molecule has 0 bridgehead atoms. The van der Waals surface area contributed by atoms with E-state index in [0.717, 1.165) is 11.4 Å². The Morgan fingerprint density at radius 1 is 1.08 bits per heavy atom. The molecule has 0 unspecified atom stereocenters. The van der Waals surface area contributed by atoms with Gasteiger partial charge in [0.15, 0.2) is 11.6 Å². The Labute approximate surface area is 148 Å². The molecule has 1 aromatic carbocycles. The minimum atomic E-state index is 0.625. The van der Waals surface area contributed by atoms with Crippen molar-refractivity contribution in [2.45, 2.75) is 6.54 Å². The van der Waals surface area contributed by atoms with E-state index < -0.39 is 0 Å². The molecule has 0 aliphatic carbocycles. The van der Waals surface area contributed by atoms with Crippen LogP contribution in [0, 0.1) is 0 Å². The summed E-state index contributed by atoms with van der Waals surface area (Å²) < 4.78 is 3.75. The van der Waals surface area contributed by atoms with E-state index in [2.05, 4.69) is 59.2 Å². The molecular weight excluding hydrogens is 328 g/mol. The number of hydrogen-bond donors (Lipinski definition) is 1. The first-order chi connectivity index (χ1) is 12.9. The van der Waals surface area contributed by atoms with Crippen molar-refractivity contribution in [3.63, 3.8) is 0 Å². The SMILES string of the molecule is c1ccc2c(c1)ccn2Cc1nc(-c2ccnc(-n3cncn3)c2)n[nH]1.